The van der Waals surface area contributed by atoms with E-state index in [-0.39, 0.29) is 11.7 Å². The van der Waals surface area contributed by atoms with E-state index in [1.807, 2.05) is 48.5 Å². The molecular formula is C26H28FNO2. The van der Waals surface area contributed by atoms with Crippen LogP contribution in [0.1, 0.15) is 22.6 Å². The van der Waals surface area contributed by atoms with Crippen LogP contribution >= 0.6 is 0 Å². The monoisotopic (exact) mass is 405 g/mol. The highest BCUT2D eigenvalue weighted by atomic mass is 19.1. The maximum Gasteiger partial charge on any atom is 0.123 e. The zero-order chi connectivity index (χ0) is 20.8. The van der Waals surface area contributed by atoms with E-state index in [1.165, 1.54) is 12.1 Å². The van der Waals surface area contributed by atoms with Gasteiger partial charge in [0.05, 0.1) is 13.2 Å². The summed E-state index contributed by atoms with van der Waals surface area (Å²) in [4.78, 5) is 2.35. The van der Waals surface area contributed by atoms with Gasteiger partial charge in [0, 0.05) is 32.0 Å². The standard InChI is InChI=1S/C26H28FNO2/c27-24-13-11-23(12-14-24)26(29,19-21-7-3-1-4-8-21)25(22-9-5-2-6-10-22)20-28-15-17-30-18-16-28/h1-14,25,29H,15-20H2/t25-,26-/m1/s1. The summed E-state index contributed by atoms with van der Waals surface area (Å²) < 4.78 is 19.2. The highest BCUT2D eigenvalue weighted by Gasteiger charge is 2.40. The molecule has 1 aliphatic heterocycles. The number of ether oxygens (including phenoxy) is 1. The lowest BCUT2D eigenvalue weighted by atomic mass is 9.73. The smallest absolute Gasteiger partial charge is 0.123 e. The fourth-order valence-corrected chi connectivity index (χ4v) is 4.33. The first-order chi connectivity index (χ1) is 14.6. The van der Waals surface area contributed by atoms with E-state index in [0.29, 0.717) is 26.2 Å². The van der Waals surface area contributed by atoms with E-state index in [0.717, 1.165) is 29.8 Å². The largest absolute Gasteiger partial charge is 0.384 e. The number of benzene rings is 3. The van der Waals surface area contributed by atoms with E-state index in [1.54, 1.807) is 12.1 Å². The summed E-state index contributed by atoms with van der Waals surface area (Å²) in [5.41, 5.74) is 1.67. The third-order valence-corrected chi connectivity index (χ3v) is 5.98. The third kappa shape index (κ3) is 4.78. The van der Waals surface area contributed by atoms with Crippen LogP contribution in [0.2, 0.25) is 0 Å². The van der Waals surface area contributed by atoms with Crippen molar-refractivity contribution in [1.82, 2.24) is 4.90 Å². The summed E-state index contributed by atoms with van der Waals surface area (Å²) >= 11 is 0. The van der Waals surface area contributed by atoms with Crippen molar-refractivity contribution in [1.29, 1.82) is 0 Å². The summed E-state index contributed by atoms with van der Waals surface area (Å²) in [5.74, 6) is -0.479. The Morgan fingerprint density at radius 1 is 0.867 bits per heavy atom. The molecule has 30 heavy (non-hydrogen) atoms. The van der Waals surface area contributed by atoms with Crippen LogP contribution in [0, 0.1) is 5.82 Å². The summed E-state index contributed by atoms with van der Waals surface area (Å²) in [6.07, 6.45) is 0.448. The molecule has 4 rings (SSSR count). The van der Waals surface area contributed by atoms with Gasteiger partial charge in [0.1, 0.15) is 11.4 Å². The Morgan fingerprint density at radius 3 is 2.10 bits per heavy atom. The van der Waals surface area contributed by atoms with Gasteiger partial charge in [-0.1, -0.05) is 72.8 Å². The maximum absolute atomic E-state index is 13.7. The van der Waals surface area contributed by atoms with Gasteiger partial charge in [-0.25, -0.2) is 4.39 Å². The van der Waals surface area contributed by atoms with Crippen LogP contribution in [0.15, 0.2) is 84.9 Å². The number of halogens is 1. The average molecular weight is 406 g/mol. The van der Waals surface area contributed by atoms with Gasteiger partial charge in [-0.15, -0.1) is 0 Å². The van der Waals surface area contributed by atoms with E-state index in [2.05, 4.69) is 17.0 Å². The molecule has 3 aromatic carbocycles. The molecule has 0 aromatic heterocycles. The molecule has 3 aromatic rings. The van der Waals surface area contributed by atoms with E-state index in [9.17, 15) is 9.50 Å². The Bertz CT molecular complexity index is 911. The predicted molar refractivity (Wildman–Crippen MR) is 117 cm³/mol. The van der Waals surface area contributed by atoms with Crippen molar-refractivity contribution < 1.29 is 14.2 Å². The highest BCUT2D eigenvalue weighted by Crippen LogP contribution is 2.40. The molecular weight excluding hydrogens is 377 g/mol. The number of rotatable bonds is 7. The van der Waals surface area contributed by atoms with Gasteiger partial charge in [0.25, 0.3) is 0 Å². The van der Waals surface area contributed by atoms with Gasteiger partial charge in [-0.2, -0.15) is 0 Å². The minimum Gasteiger partial charge on any atom is -0.384 e. The predicted octanol–water partition coefficient (Wildman–Crippen LogP) is 4.37. The average Bonchev–Trinajstić information content (AvgIpc) is 2.80. The van der Waals surface area contributed by atoms with Gasteiger partial charge < -0.3 is 9.84 Å². The zero-order valence-corrected chi connectivity index (χ0v) is 17.1. The molecule has 0 spiro atoms. The van der Waals surface area contributed by atoms with Gasteiger partial charge in [-0.05, 0) is 28.8 Å². The third-order valence-electron chi connectivity index (χ3n) is 5.98. The summed E-state index contributed by atoms with van der Waals surface area (Å²) in [6, 6.07) is 26.5. The second-order valence-electron chi connectivity index (χ2n) is 7.97. The maximum atomic E-state index is 13.7. The number of nitrogens with zero attached hydrogens (tertiary/aromatic N) is 1. The molecule has 1 fully saturated rings. The van der Waals surface area contributed by atoms with Crippen LogP contribution in [0.25, 0.3) is 0 Å². The van der Waals surface area contributed by atoms with Crippen LogP contribution in [0.4, 0.5) is 4.39 Å². The van der Waals surface area contributed by atoms with Gasteiger partial charge in [-0.3, -0.25) is 4.90 Å². The fourth-order valence-electron chi connectivity index (χ4n) is 4.33. The van der Waals surface area contributed by atoms with Crippen molar-refractivity contribution in [3.63, 3.8) is 0 Å². The van der Waals surface area contributed by atoms with E-state index in [4.69, 9.17) is 4.74 Å². The Kier molecular flexibility index (Phi) is 6.58. The van der Waals surface area contributed by atoms with Crippen LogP contribution in [0.5, 0.6) is 0 Å². The first-order valence-corrected chi connectivity index (χ1v) is 10.5. The minimum atomic E-state index is -1.19. The van der Waals surface area contributed by atoms with Gasteiger partial charge in [0.2, 0.25) is 0 Å². The summed E-state index contributed by atoms with van der Waals surface area (Å²) in [5, 5.41) is 12.3. The minimum absolute atomic E-state index is 0.178. The molecule has 3 nitrogen and oxygen atoms in total. The molecule has 1 N–H and O–H groups in total. The molecule has 4 heteroatoms. The molecule has 1 aliphatic rings. The Hall–Kier alpha value is -2.53. The van der Waals surface area contributed by atoms with Crippen LogP contribution in [-0.4, -0.2) is 42.9 Å². The molecule has 0 radical (unpaired) electrons. The molecule has 0 unspecified atom stereocenters. The molecule has 2 atom stereocenters. The van der Waals surface area contributed by atoms with Crippen LogP contribution < -0.4 is 0 Å². The Balaban J connectivity index is 1.77. The zero-order valence-electron chi connectivity index (χ0n) is 17.1. The molecule has 0 saturated carbocycles. The van der Waals surface area contributed by atoms with Crippen molar-refractivity contribution in [3.05, 3.63) is 107 Å². The molecule has 1 heterocycles. The normalized spacial score (nSPS) is 17.9. The van der Waals surface area contributed by atoms with Gasteiger partial charge >= 0.3 is 0 Å². The Labute approximate surface area is 177 Å². The van der Waals surface area contributed by atoms with E-state index >= 15 is 0 Å². The topological polar surface area (TPSA) is 32.7 Å². The number of aliphatic hydroxyl groups is 1. The second kappa shape index (κ2) is 9.52. The van der Waals surface area contributed by atoms with Crippen molar-refractivity contribution in [2.24, 2.45) is 0 Å². The molecule has 156 valence electrons. The lowest BCUT2D eigenvalue weighted by molar-refractivity contribution is -0.0223. The lowest BCUT2D eigenvalue weighted by Crippen LogP contribution is -2.45. The van der Waals surface area contributed by atoms with Crippen LogP contribution in [-0.2, 0) is 16.8 Å². The lowest BCUT2D eigenvalue weighted by Gasteiger charge is -2.41. The van der Waals surface area contributed by atoms with Crippen molar-refractivity contribution in [3.8, 4) is 0 Å². The molecule has 0 aliphatic carbocycles. The quantitative estimate of drug-likeness (QED) is 0.634. The van der Waals surface area contributed by atoms with Crippen molar-refractivity contribution in [2.75, 3.05) is 32.8 Å². The SMILES string of the molecule is O[C@](Cc1ccccc1)(c1ccc(F)cc1)[C@H](CN1CCOCC1)c1ccccc1. The first kappa shape index (κ1) is 20.7. The van der Waals surface area contributed by atoms with Crippen molar-refractivity contribution in [2.45, 2.75) is 17.9 Å². The fraction of sp³-hybridized carbons (Fsp3) is 0.308. The van der Waals surface area contributed by atoms with Crippen molar-refractivity contribution >= 4 is 0 Å². The molecule has 1 saturated heterocycles. The first-order valence-electron chi connectivity index (χ1n) is 10.5. The van der Waals surface area contributed by atoms with Gasteiger partial charge in [0.15, 0.2) is 0 Å². The number of hydrogen-bond acceptors (Lipinski definition) is 3. The number of morpholine rings is 1. The molecule has 0 bridgehead atoms. The summed E-state index contributed by atoms with van der Waals surface area (Å²) in [6.45, 7) is 3.79. The number of hydrogen-bond donors (Lipinski definition) is 1. The van der Waals surface area contributed by atoms with E-state index < -0.39 is 5.60 Å². The summed E-state index contributed by atoms with van der Waals surface area (Å²) in [7, 11) is 0. The van der Waals surface area contributed by atoms with Crippen LogP contribution in [0.3, 0.4) is 0 Å². The molecule has 0 amide bonds. The Morgan fingerprint density at radius 2 is 1.47 bits per heavy atom. The highest BCUT2D eigenvalue weighted by molar-refractivity contribution is 5.34. The second-order valence-corrected chi connectivity index (χ2v) is 7.97.